The first-order valence-electron chi connectivity index (χ1n) is 8.73. The highest BCUT2D eigenvalue weighted by Gasteiger charge is 2.03. The Hall–Kier alpha value is -2.00. The quantitative estimate of drug-likeness (QED) is 0.696. The summed E-state index contributed by atoms with van der Waals surface area (Å²) in [5, 5.41) is 7.02. The van der Waals surface area contributed by atoms with Crippen molar-refractivity contribution in [2.45, 2.75) is 47.3 Å². The Balaban J connectivity index is 1.73. The molecule has 0 amide bonds. The zero-order chi connectivity index (χ0) is 17.5. The molecular formula is C21H30N2O. The van der Waals surface area contributed by atoms with Crippen LogP contribution in [0.25, 0.3) is 0 Å². The predicted octanol–water partition coefficient (Wildman–Crippen LogP) is 4.60. The van der Waals surface area contributed by atoms with Crippen molar-refractivity contribution in [2.75, 3.05) is 18.4 Å². The molecule has 24 heavy (non-hydrogen) atoms. The zero-order valence-electron chi connectivity index (χ0n) is 15.6. The van der Waals surface area contributed by atoms with Gasteiger partial charge in [0.05, 0.1) is 6.10 Å². The van der Waals surface area contributed by atoms with E-state index in [1.54, 1.807) is 0 Å². The summed E-state index contributed by atoms with van der Waals surface area (Å²) in [4.78, 5) is 0. The van der Waals surface area contributed by atoms with Crippen molar-refractivity contribution in [1.29, 1.82) is 0 Å². The van der Waals surface area contributed by atoms with Crippen LogP contribution >= 0.6 is 0 Å². The third-order valence-electron chi connectivity index (χ3n) is 3.90. The maximum atomic E-state index is 5.66. The summed E-state index contributed by atoms with van der Waals surface area (Å²) >= 11 is 0. The van der Waals surface area contributed by atoms with Crippen LogP contribution in [0.2, 0.25) is 0 Å². The minimum absolute atomic E-state index is 0.216. The molecule has 0 radical (unpaired) electrons. The Morgan fingerprint density at radius 2 is 1.54 bits per heavy atom. The summed E-state index contributed by atoms with van der Waals surface area (Å²) in [5.74, 6) is 0.931. The first-order chi connectivity index (χ1) is 11.5. The van der Waals surface area contributed by atoms with Gasteiger partial charge in [-0.1, -0.05) is 29.8 Å². The molecule has 0 atom stereocenters. The molecule has 0 saturated heterocycles. The summed E-state index contributed by atoms with van der Waals surface area (Å²) in [6.07, 6.45) is 0.216. The van der Waals surface area contributed by atoms with Gasteiger partial charge in [-0.05, 0) is 63.4 Å². The fraction of sp³-hybridized carbons (Fsp3) is 0.429. The maximum absolute atomic E-state index is 5.66. The van der Waals surface area contributed by atoms with Gasteiger partial charge in [0.2, 0.25) is 0 Å². The van der Waals surface area contributed by atoms with Gasteiger partial charge in [0.1, 0.15) is 5.75 Å². The number of benzene rings is 2. The molecule has 2 N–H and O–H groups in total. The summed E-state index contributed by atoms with van der Waals surface area (Å²) < 4.78 is 5.66. The summed E-state index contributed by atoms with van der Waals surface area (Å²) in [6, 6.07) is 12.8. The van der Waals surface area contributed by atoms with Crippen LogP contribution in [0.3, 0.4) is 0 Å². The average molecular weight is 326 g/mol. The molecule has 0 heterocycles. The van der Waals surface area contributed by atoms with Gasteiger partial charge < -0.3 is 15.4 Å². The van der Waals surface area contributed by atoms with Gasteiger partial charge >= 0.3 is 0 Å². The fourth-order valence-electron chi connectivity index (χ4n) is 2.93. The van der Waals surface area contributed by atoms with Crippen molar-refractivity contribution >= 4 is 5.69 Å². The molecule has 2 rings (SSSR count). The van der Waals surface area contributed by atoms with Crippen LogP contribution in [0.4, 0.5) is 5.69 Å². The van der Waals surface area contributed by atoms with Gasteiger partial charge in [-0.25, -0.2) is 0 Å². The average Bonchev–Trinajstić information content (AvgIpc) is 2.50. The van der Waals surface area contributed by atoms with E-state index in [4.69, 9.17) is 4.74 Å². The monoisotopic (exact) mass is 326 g/mol. The Labute approximate surface area is 146 Å². The normalized spacial score (nSPS) is 10.9. The molecule has 0 unspecified atom stereocenters. The van der Waals surface area contributed by atoms with Gasteiger partial charge in [0.25, 0.3) is 0 Å². The van der Waals surface area contributed by atoms with Crippen molar-refractivity contribution < 1.29 is 4.74 Å². The molecule has 0 aliphatic rings. The second-order valence-electron chi connectivity index (χ2n) is 6.69. The molecule has 0 saturated carbocycles. The lowest BCUT2D eigenvalue weighted by molar-refractivity contribution is 0.242. The number of aryl methyl sites for hydroxylation is 3. The van der Waals surface area contributed by atoms with Gasteiger partial charge in [0.15, 0.2) is 0 Å². The third-order valence-corrected chi connectivity index (χ3v) is 3.90. The van der Waals surface area contributed by atoms with Crippen molar-refractivity contribution in [3.05, 3.63) is 58.7 Å². The Morgan fingerprint density at radius 3 is 2.12 bits per heavy atom. The van der Waals surface area contributed by atoms with E-state index < -0.39 is 0 Å². The number of nitrogens with one attached hydrogen (secondary N) is 2. The SMILES string of the molecule is Cc1cc(C)c(NCCNCc2ccc(OC(C)C)cc2)c(C)c1. The van der Waals surface area contributed by atoms with Crippen LogP contribution in [0.5, 0.6) is 5.75 Å². The van der Waals surface area contributed by atoms with E-state index in [2.05, 4.69) is 55.7 Å². The van der Waals surface area contributed by atoms with Crippen molar-refractivity contribution in [3.63, 3.8) is 0 Å². The molecule has 0 fully saturated rings. The van der Waals surface area contributed by atoms with Crippen molar-refractivity contribution in [3.8, 4) is 5.75 Å². The van der Waals surface area contributed by atoms with E-state index in [-0.39, 0.29) is 6.10 Å². The molecule has 3 nitrogen and oxygen atoms in total. The third kappa shape index (κ3) is 5.57. The summed E-state index contributed by atoms with van der Waals surface area (Å²) in [5.41, 5.74) is 6.48. The largest absolute Gasteiger partial charge is 0.491 e. The first kappa shape index (κ1) is 18.3. The van der Waals surface area contributed by atoms with E-state index in [1.807, 2.05) is 26.0 Å². The highest BCUT2D eigenvalue weighted by Crippen LogP contribution is 2.21. The van der Waals surface area contributed by atoms with Crippen molar-refractivity contribution in [1.82, 2.24) is 5.32 Å². The van der Waals surface area contributed by atoms with Crippen LogP contribution < -0.4 is 15.4 Å². The molecule has 130 valence electrons. The number of anilines is 1. The lowest BCUT2D eigenvalue weighted by Crippen LogP contribution is -2.22. The predicted molar refractivity (Wildman–Crippen MR) is 103 cm³/mol. The van der Waals surface area contributed by atoms with Crippen LogP contribution in [0.15, 0.2) is 36.4 Å². The Morgan fingerprint density at radius 1 is 0.917 bits per heavy atom. The van der Waals surface area contributed by atoms with Crippen molar-refractivity contribution in [2.24, 2.45) is 0 Å². The minimum Gasteiger partial charge on any atom is -0.491 e. The van der Waals surface area contributed by atoms with E-state index in [0.29, 0.717) is 0 Å². The number of ether oxygens (including phenoxy) is 1. The van der Waals surface area contributed by atoms with E-state index in [0.717, 1.165) is 25.4 Å². The molecule has 0 bridgehead atoms. The highest BCUT2D eigenvalue weighted by molar-refractivity contribution is 5.58. The Kier molecular flexibility index (Phi) is 6.68. The van der Waals surface area contributed by atoms with E-state index in [1.165, 1.54) is 27.9 Å². The maximum Gasteiger partial charge on any atom is 0.119 e. The molecule has 3 heteroatoms. The number of rotatable bonds is 8. The van der Waals surface area contributed by atoms with E-state index >= 15 is 0 Å². The minimum atomic E-state index is 0.216. The van der Waals surface area contributed by atoms with Crippen LogP contribution in [-0.4, -0.2) is 19.2 Å². The topological polar surface area (TPSA) is 33.3 Å². The van der Waals surface area contributed by atoms with Crippen LogP contribution in [0.1, 0.15) is 36.1 Å². The van der Waals surface area contributed by atoms with Gasteiger partial charge in [-0.2, -0.15) is 0 Å². The molecular weight excluding hydrogens is 296 g/mol. The Bertz CT molecular complexity index is 624. The smallest absolute Gasteiger partial charge is 0.119 e. The van der Waals surface area contributed by atoms with Crippen LogP contribution in [0, 0.1) is 20.8 Å². The molecule has 0 aromatic heterocycles. The lowest BCUT2D eigenvalue weighted by Gasteiger charge is -2.14. The second kappa shape index (κ2) is 8.74. The second-order valence-corrected chi connectivity index (χ2v) is 6.69. The summed E-state index contributed by atoms with van der Waals surface area (Å²) in [7, 11) is 0. The highest BCUT2D eigenvalue weighted by atomic mass is 16.5. The zero-order valence-corrected chi connectivity index (χ0v) is 15.6. The molecule has 0 aliphatic heterocycles. The van der Waals surface area contributed by atoms with Gasteiger partial charge in [-0.3, -0.25) is 0 Å². The van der Waals surface area contributed by atoms with Crippen LogP contribution in [-0.2, 0) is 6.54 Å². The lowest BCUT2D eigenvalue weighted by atomic mass is 10.1. The molecule has 0 spiro atoms. The molecule has 2 aromatic rings. The standard InChI is InChI=1S/C21H30N2O/c1-15(2)24-20-8-6-19(7-9-20)14-22-10-11-23-21-17(4)12-16(3)13-18(21)5/h6-9,12-13,15,22-23H,10-11,14H2,1-5H3. The first-order valence-corrected chi connectivity index (χ1v) is 8.73. The summed E-state index contributed by atoms with van der Waals surface area (Å²) in [6.45, 7) is 13.3. The number of hydrogen-bond donors (Lipinski definition) is 2. The van der Waals surface area contributed by atoms with E-state index in [9.17, 15) is 0 Å². The van der Waals surface area contributed by atoms with Gasteiger partial charge in [-0.15, -0.1) is 0 Å². The fourth-order valence-corrected chi connectivity index (χ4v) is 2.93. The molecule has 0 aliphatic carbocycles. The molecule has 2 aromatic carbocycles. The number of hydrogen-bond acceptors (Lipinski definition) is 3. The van der Waals surface area contributed by atoms with Gasteiger partial charge in [0, 0.05) is 25.3 Å².